The quantitative estimate of drug-likeness (QED) is 0.770. The third-order valence-corrected chi connectivity index (χ3v) is 3.88. The second-order valence-corrected chi connectivity index (χ2v) is 4.99. The van der Waals surface area contributed by atoms with Crippen molar-refractivity contribution in [3.05, 3.63) is 35.9 Å². The Kier molecular flexibility index (Phi) is 3.84. The second-order valence-electron chi connectivity index (χ2n) is 4.19. The van der Waals surface area contributed by atoms with E-state index in [2.05, 4.69) is 4.40 Å². The molecule has 2 rings (SSSR count). The molecule has 0 bridgehead atoms. The van der Waals surface area contributed by atoms with Crippen LogP contribution >= 0.6 is 11.9 Å². The van der Waals surface area contributed by atoms with Crippen LogP contribution in [0.15, 0.2) is 34.7 Å². The van der Waals surface area contributed by atoms with Crippen molar-refractivity contribution in [3.8, 4) is 0 Å². The lowest BCUT2D eigenvalue weighted by atomic mass is 10.1. The summed E-state index contributed by atoms with van der Waals surface area (Å²) in [5, 5.41) is 0. The summed E-state index contributed by atoms with van der Waals surface area (Å²) in [5.41, 5.74) is 1.16. The molecule has 1 aromatic rings. The van der Waals surface area contributed by atoms with Crippen molar-refractivity contribution in [2.45, 2.75) is 13.0 Å². The molecular formula is C13H16N2OS. The molecule has 0 saturated heterocycles. The Hall–Kier alpha value is -1.29. The minimum atomic E-state index is -0.0591. The molecule has 2 atom stereocenters. The summed E-state index contributed by atoms with van der Waals surface area (Å²) in [6.45, 7) is 2.05. The lowest BCUT2D eigenvalue weighted by Crippen LogP contribution is -2.35. The molecule has 4 heteroatoms. The van der Waals surface area contributed by atoms with E-state index in [9.17, 15) is 4.79 Å². The molecule has 1 aliphatic rings. The van der Waals surface area contributed by atoms with Gasteiger partial charge in [-0.3, -0.25) is 4.79 Å². The highest BCUT2D eigenvalue weighted by Crippen LogP contribution is 2.23. The van der Waals surface area contributed by atoms with E-state index >= 15 is 0 Å². The van der Waals surface area contributed by atoms with E-state index in [0.29, 0.717) is 0 Å². The van der Waals surface area contributed by atoms with Gasteiger partial charge in [0.2, 0.25) is 5.91 Å². The van der Waals surface area contributed by atoms with E-state index in [1.54, 1.807) is 11.1 Å². The highest BCUT2D eigenvalue weighted by atomic mass is 32.2. The molecule has 0 aromatic heterocycles. The molecule has 0 aliphatic carbocycles. The Morgan fingerprint density at radius 1 is 1.47 bits per heavy atom. The number of nitrogens with zero attached hydrogens (tertiary/aromatic N) is 2. The van der Waals surface area contributed by atoms with Crippen molar-refractivity contribution in [1.29, 1.82) is 0 Å². The predicted octanol–water partition coefficient (Wildman–Crippen LogP) is 2.55. The Morgan fingerprint density at radius 3 is 2.76 bits per heavy atom. The number of hydrogen-bond acceptors (Lipinski definition) is 3. The van der Waals surface area contributed by atoms with E-state index in [-0.39, 0.29) is 17.9 Å². The second kappa shape index (κ2) is 5.36. The first-order valence-corrected chi connectivity index (χ1v) is 6.61. The molecule has 1 aromatic carbocycles. The van der Waals surface area contributed by atoms with Gasteiger partial charge in [-0.15, -0.1) is 0 Å². The molecule has 0 saturated carbocycles. The van der Waals surface area contributed by atoms with Crippen LogP contribution in [0.5, 0.6) is 0 Å². The Morgan fingerprint density at radius 2 is 2.18 bits per heavy atom. The Bertz CT molecular complexity index is 419. The third-order valence-electron chi connectivity index (χ3n) is 3.10. The lowest BCUT2D eigenvalue weighted by Gasteiger charge is -2.27. The number of carbonyl (C=O) groups excluding carboxylic acids is 1. The van der Waals surface area contributed by atoms with Crippen LogP contribution in [0.3, 0.4) is 0 Å². The number of amides is 1. The molecule has 0 radical (unpaired) electrons. The number of rotatable bonds is 3. The van der Waals surface area contributed by atoms with E-state index < -0.39 is 0 Å². The van der Waals surface area contributed by atoms with Crippen LogP contribution < -0.4 is 0 Å². The van der Waals surface area contributed by atoms with Gasteiger partial charge in [-0.25, -0.2) is 4.40 Å². The number of carbonyl (C=O) groups is 1. The molecule has 3 nitrogen and oxygen atoms in total. The molecule has 1 heterocycles. The summed E-state index contributed by atoms with van der Waals surface area (Å²) >= 11 is 1.46. The normalized spacial score (nSPS) is 20.2. The van der Waals surface area contributed by atoms with Crippen molar-refractivity contribution in [2.75, 3.05) is 12.8 Å². The van der Waals surface area contributed by atoms with Gasteiger partial charge in [-0.05, 0) is 24.4 Å². The average Bonchev–Trinajstić information content (AvgIpc) is 2.91. The van der Waals surface area contributed by atoms with E-state index in [0.717, 1.165) is 11.3 Å². The van der Waals surface area contributed by atoms with E-state index in [1.807, 2.05) is 44.3 Å². The summed E-state index contributed by atoms with van der Waals surface area (Å²) in [6, 6.07) is 10.2. The van der Waals surface area contributed by atoms with Gasteiger partial charge in [0, 0.05) is 19.0 Å². The topological polar surface area (TPSA) is 32.7 Å². The fraction of sp³-hybridized carbons (Fsp3) is 0.385. The summed E-state index contributed by atoms with van der Waals surface area (Å²) < 4.78 is 4.04. The zero-order valence-corrected chi connectivity index (χ0v) is 10.9. The van der Waals surface area contributed by atoms with Crippen molar-refractivity contribution in [2.24, 2.45) is 10.3 Å². The third kappa shape index (κ3) is 2.69. The van der Waals surface area contributed by atoms with Crippen molar-refractivity contribution < 1.29 is 4.79 Å². The van der Waals surface area contributed by atoms with Gasteiger partial charge in [0.1, 0.15) is 0 Å². The monoisotopic (exact) mass is 248 g/mol. The van der Waals surface area contributed by atoms with Crippen LogP contribution in [0.1, 0.15) is 18.5 Å². The molecule has 0 fully saturated rings. The van der Waals surface area contributed by atoms with Gasteiger partial charge in [-0.1, -0.05) is 30.3 Å². The lowest BCUT2D eigenvalue weighted by molar-refractivity contribution is -0.133. The maximum atomic E-state index is 12.2. The van der Waals surface area contributed by atoms with Crippen LogP contribution in [0.2, 0.25) is 0 Å². The highest BCUT2D eigenvalue weighted by molar-refractivity contribution is 7.98. The first kappa shape index (κ1) is 12.2. The molecule has 0 N–H and O–H groups in total. The summed E-state index contributed by atoms with van der Waals surface area (Å²) in [6.07, 6.45) is 1.75. The van der Waals surface area contributed by atoms with E-state index in [1.165, 1.54) is 11.9 Å². The molecule has 1 aliphatic heterocycles. The smallest absolute Gasteiger partial charge is 0.232 e. The molecular weight excluding hydrogens is 232 g/mol. The van der Waals surface area contributed by atoms with Gasteiger partial charge >= 0.3 is 0 Å². The first-order chi connectivity index (χ1) is 8.20. The van der Waals surface area contributed by atoms with Gasteiger partial charge in [0.25, 0.3) is 0 Å². The molecule has 0 spiro atoms. The zero-order valence-electron chi connectivity index (χ0n) is 10.0. The van der Waals surface area contributed by atoms with E-state index in [4.69, 9.17) is 0 Å². The Labute approximate surface area is 106 Å². The van der Waals surface area contributed by atoms with Crippen molar-refractivity contribution in [3.63, 3.8) is 0 Å². The van der Waals surface area contributed by atoms with Gasteiger partial charge in [0.05, 0.1) is 12.0 Å². The van der Waals surface area contributed by atoms with Gasteiger partial charge < -0.3 is 4.90 Å². The molecule has 1 amide bonds. The van der Waals surface area contributed by atoms with Gasteiger partial charge in [0.15, 0.2) is 0 Å². The molecule has 1 unspecified atom stereocenters. The maximum Gasteiger partial charge on any atom is 0.232 e. The predicted molar refractivity (Wildman–Crippen MR) is 72.1 cm³/mol. The minimum absolute atomic E-state index is 0.0591. The summed E-state index contributed by atoms with van der Waals surface area (Å²) in [4.78, 5) is 14.0. The summed E-state index contributed by atoms with van der Waals surface area (Å²) in [7, 11) is 1.86. The maximum absolute atomic E-state index is 12.2. The van der Waals surface area contributed by atoms with Crippen LogP contribution in [0, 0.1) is 5.92 Å². The van der Waals surface area contributed by atoms with Crippen LogP contribution in [-0.2, 0) is 4.79 Å². The van der Waals surface area contributed by atoms with Crippen molar-refractivity contribution in [1.82, 2.24) is 4.90 Å². The van der Waals surface area contributed by atoms with Gasteiger partial charge in [-0.2, -0.15) is 0 Å². The first-order valence-electron chi connectivity index (χ1n) is 5.67. The average molecular weight is 248 g/mol. The van der Waals surface area contributed by atoms with Crippen LogP contribution in [0.25, 0.3) is 0 Å². The fourth-order valence-corrected chi connectivity index (χ4v) is 2.53. The Balaban J connectivity index is 2.06. The molecule has 90 valence electrons. The standard InChI is InChI=1S/C13H16N2OS/c1-10(11-6-4-3-5-7-11)15(2)13(16)12-8-14-17-9-12/h3-8,10,12H,9H2,1-2H3/t10-,12?/m1/s1. The number of benzene rings is 1. The SMILES string of the molecule is C[C@H](c1ccccc1)N(C)C(=O)C1C=NSC1. The largest absolute Gasteiger partial charge is 0.338 e. The fourth-order valence-electron chi connectivity index (χ4n) is 1.83. The van der Waals surface area contributed by atoms with Crippen molar-refractivity contribution >= 4 is 24.1 Å². The zero-order chi connectivity index (χ0) is 12.3. The van der Waals surface area contributed by atoms with Crippen LogP contribution in [0.4, 0.5) is 0 Å². The highest BCUT2D eigenvalue weighted by Gasteiger charge is 2.26. The summed E-state index contributed by atoms with van der Waals surface area (Å²) in [5.74, 6) is 0.858. The minimum Gasteiger partial charge on any atom is -0.338 e. The number of hydrogen-bond donors (Lipinski definition) is 0. The molecule has 17 heavy (non-hydrogen) atoms. The van der Waals surface area contributed by atoms with Crippen LogP contribution in [-0.4, -0.2) is 29.8 Å².